The van der Waals surface area contributed by atoms with Gasteiger partial charge in [0.15, 0.2) is 0 Å². The predicted molar refractivity (Wildman–Crippen MR) is 100 cm³/mol. The van der Waals surface area contributed by atoms with Crippen LogP contribution in [0.15, 0.2) is 29.8 Å². The molecule has 142 valence electrons. The molecule has 1 aromatic carbocycles. The summed E-state index contributed by atoms with van der Waals surface area (Å²) in [6, 6.07) is 5.98. The summed E-state index contributed by atoms with van der Waals surface area (Å²) in [6.45, 7) is 7.88. The van der Waals surface area contributed by atoms with Crippen LogP contribution in [0.25, 0.3) is 0 Å². The third-order valence-corrected chi connectivity index (χ3v) is 5.47. The fraction of sp³-hybridized carbons (Fsp3) is 0.545. The lowest BCUT2D eigenvalue weighted by Gasteiger charge is -2.43. The maximum atomic E-state index is 13.4. The summed E-state index contributed by atoms with van der Waals surface area (Å²) >= 11 is 0. The smallest absolute Gasteiger partial charge is 0.252 e. The Morgan fingerprint density at radius 3 is 2.50 bits per heavy atom. The van der Waals surface area contributed by atoms with E-state index in [4.69, 9.17) is 4.74 Å². The van der Waals surface area contributed by atoms with E-state index in [2.05, 4.69) is 0 Å². The van der Waals surface area contributed by atoms with Gasteiger partial charge in [-0.2, -0.15) is 0 Å². The summed E-state index contributed by atoms with van der Waals surface area (Å²) in [7, 11) is 0. The number of hydrogen-bond donors (Lipinski definition) is 0. The number of aryl methyl sites for hydroxylation is 2. The average molecular weight is 357 g/mol. The van der Waals surface area contributed by atoms with Crippen molar-refractivity contribution in [3.8, 4) is 0 Å². The minimum absolute atomic E-state index is 0.0357. The highest BCUT2D eigenvalue weighted by Gasteiger charge is 2.47. The molecule has 26 heavy (non-hydrogen) atoms. The Bertz CT molecular complexity index is 704. The van der Waals surface area contributed by atoms with E-state index < -0.39 is 17.7 Å². The molecule has 0 radical (unpaired) electrons. The summed E-state index contributed by atoms with van der Waals surface area (Å²) in [5.41, 5.74) is 2.85. The van der Waals surface area contributed by atoms with Crippen molar-refractivity contribution in [2.75, 3.05) is 0 Å². The maximum Gasteiger partial charge on any atom is 0.252 e. The fourth-order valence-electron chi connectivity index (χ4n) is 4.30. The predicted octanol–water partition coefficient (Wildman–Crippen LogP) is 4.16. The molecule has 1 aliphatic carbocycles. The van der Waals surface area contributed by atoms with Crippen LogP contribution in [0.2, 0.25) is 0 Å². The molecule has 0 fully saturated rings. The second-order valence-electron chi connectivity index (χ2n) is 7.24. The van der Waals surface area contributed by atoms with Crippen LogP contribution in [0.3, 0.4) is 0 Å². The number of ketones is 1. The Labute approximate surface area is 156 Å². The van der Waals surface area contributed by atoms with Crippen LogP contribution in [-0.2, 0) is 14.9 Å². The standard InChI is InChI=1S/C22H30O4/c1-5-9-19(23)22(6-2,18-13-12-15(3)14-16(18)4)20(26-21(24)25)17-10-7-8-11-17/h10,12-14,20H,5-9,11H2,1-4H3,(H,24,25)/p-1. The molecular weight excluding hydrogens is 328 g/mol. The van der Waals surface area contributed by atoms with Gasteiger partial charge in [-0.15, -0.1) is 0 Å². The van der Waals surface area contributed by atoms with Crippen molar-refractivity contribution in [3.63, 3.8) is 0 Å². The van der Waals surface area contributed by atoms with Crippen molar-refractivity contribution < 1.29 is 19.4 Å². The number of rotatable bonds is 8. The minimum atomic E-state index is -1.57. The van der Waals surface area contributed by atoms with Gasteiger partial charge in [-0.1, -0.05) is 49.3 Å². The van der Waals surface area contributed by atoms with Gasteiger partial charge < -0.3 is 14.6 Å². The molecule has 0 bridgehead atoms. The third-order valence-electron chi connectivity index (χ3n) is 5.47. The van der Waals surface area contributed by atoms with E-state index in [0.717, 1.165) is 41.5 Å². The topological polar surface area (TPSA) is 66.4 Å². The van der Waals surface area contributed by atoms with Gasteiger partial charge >= 0.3 is 0 Å². The van der Waals surface area contributed by atoms with Crippen LogP contribution in [0.5, 0.6) is 0 Å². The molecule has 0 aliphatic heterocycles. The van der Waals surface area contributed by atoms with Gasteiger partial charge in [0.1, 0.15) is 5.78 Å². The Morgan fingerprint density at radius 1 is 1.27 bits per heavy atom. The second-order valence-corrected chi connectivity index (χ2v) is 7.24. The van der Waals surface area contributed by atoms with Crippen molar-refractivity contribution in [1.82, 2.24) is 0 Å². The van der Waals surface area contributed by atoms with Crippen LogP contribution in [0.4, 0.5) is 4.79 Å². The first-order chi connectivity index (χ1) is 12.4. The number of hydrogen-bond acceptors (Lipinski definition) is 4. The highest BCUT2D eigenvalue weighted by atomic mass is 16.7. The van der Waals surface area contributed by atoms with E-state index in [1.54, 1.807) is 0 Å². The van der Waals surface area contributed by atoms with Gasteiger partial charge in [-0.05, 0) is 57.1 Å². The van der Waals surface area contributed by atoms with Crippen LogP contribution >= 0.6 is 0 Å². The molecule has 0 spiro atoms. The third kappa shape index (κ3) is 3.84. The van der Waals surface area contributed by atoms with Gasteiger partial charge in [0.25, 0.3) is 6.16 Å². The van der Waals surface area contributed by atoms with Crippen LogP contribution in [-0.4, -0.2) is 18.0 Å². The summed E-state index contributed by atoms with van der Waals surface area (Å²) in [5.74, 6) is 0.0357. The Balaban J connectivity index is 2.70. The quantitative estimate of drug-likeness (QED) is 0.517. The number of Topliss-reactive ketones (excluding diaryl/α,β-unsaturated/α-hetero) is 1. The van der Waals surface area contributed by atoms with Gasteiger partial charge in [-0.3, -0.25) is 4.79 Å². The van der Waals surface area contributed by atoms with E-state index in [1.165, 1.54) is 0 Å². The lowest BCUT2D eigenvalue weighted by atomic mass is 9.65. The molecule has 4 nitrogen and oxygen atoms in total. The lowest BCUT2D eigenvalue weighted by molar-refractivity contribution is -0.288. The molecule has 0 saturated heterocycles. The first kappa shape index (κ1) is 20.2. The molecular formula is C22H29O4-. The number of allylic oxidation sites excluding steroid dienone is 1. The molecule has 0 aromatic heterocycles. The van der Waals surface area contributed by atoms with Crippen molar-refractivity contribution in [2.24, 2.45) is 0 Å². The molecule has 0 saturated carbocycles. The summed E-state index contributed by atoms with van der Waals surface area (Å²) < 4.78 is 5.31. The summed E-state index contributed by atoms with van der Waals surface area (Å²) in [4.78, 5) is 24.8. The zero-order valence-electron chi connectivity index (χ0n) is 16.3. The molecule has 0 N–H and O–H groups in total. The lowest BCUT2D eigenvalue weighted by Crippen LogP contribution is -2.51. The molecule has 2 atom stereocenters. The van der Waals surface area contributed by atoms with Gasteiger partial charge in [0.05, 0.1) is 11.5 Å². The molecule has 0 amide bonds. The van der Waals surface area contributed by atoms with Crippen molar-refractivity contribution in [3.05, 3.63) is 46.5 Å². The monoisotopic (exact) mass is 357 g/mol. The summed E-state index contributed by atoms with van der Waals surface area (Å²) in [5, 5.41) is 11.4. The van der Waals surface area contributed by atoms with E-state index in [1.807, 2.05) is 52.0 Å². The Kier molecular flexibility index (Phi) is 6.63. The van der Waals surface area contributed by atoms with Crippen molar-refractivity contribution in [1.29, 1.82) is 0 Å². The minimum Gasteiger partial charge on any atom is -0.541 e. The molecule has 2 rings (SSSR count). The first-order valence-electron chi connectivity index (χ1n) is 9.54. The van der Waals surface area contributed by atoms with E-state index in [0.29, 0.717) is 19.3 Å². The van der Waals surface area contributed by atoms with E-state index >= 15 is 0 Å². The second kappa shape index (κ2) is 8.52. The molecule has 4 heteroatoms. The number of carboxylic acid groups (broad SMARTS) is 1. The zero-order chi connectivity index (χ0) is 19.3. The normalized spacial score (nSPS) is 17.3. The highest BCUT2D eigenvalue weighted by molar-refractivity contribution is 5.92. The fourth-order valence-corrected chi connectivity index (χ4v) is 4.30. The van der Waals surface area contributed by atoms with E-state index in [-0.39, 0.29) is 5.78 Å². The van der Waals surface area contributed by atoms with Crippen molar-refractivity contribution in [2.45, 2.75) is 77.7 Å². The molecule has 0 heterocycles. The highest BCUT2D eigenvalue weighted by Crippen LogP contribution is 2.43. The van der Waals surface area contributed by atoms with Gasteiger partial charge in [0, 0.05) is 6.42 Å². The number of ether oxygens (including phenoxy) is 1. The van der Waals surface area contributed by atoms with E-state index in [9.17, 15) is 14.7 Å². The largest absolute Gasteiger partial charge is 0.541 e. The average Bonchev–Trinajstić information content (AvgIpc) is 3.10. The number of carbonyl (C=O) groups excluding carboxylic acids is 2. The maximum absolute atomic E-state index is 13.4. The summed E-state index contributed by atoms with van der Waals surface area (Å²) in [6.07, 6.45) is 3.81. The van der Waals surface area contributed by atoms with Crippen LogP contribution in [0.1, 0.15) is 69.1 Å². The van der Waals surface area contributed by atoms with Crippen molar-refractivity contribution >= 4 is 11.9 Å². The molecule has 2 unspecified atom stereocenters. The SMILES string of the molecule is CCCC(=O)C(CC)(c1ccc(C)cc1C)C(OC(=O)[O-])C1=CCCC1. The zero-order valence-corrected chi connectivity index (χ0v) is 16.3. The van der Waals surface area contributed by atoms with Crippen LogP contribution in [0, 0.1) is 13.8 Å². The molecule has 1 aromatic rings. The molecule has 1 aliphatic rings. The van der Waals surface area contributed by atoms with Crippen LogP contribution < -0.4 is 5.11 Å². The van der Waals surface area contributed by atoms with Gasteiger partial charge in [-0.25, -0.2) is 0 Å². The number of carbonyl (C=O) groups is 2. The number of benzene rings is 1. The Morgan fingerprint density at radius 2 is 2.00 bits per heavy atom. The van der Waals surface area contributed by atoms with Gasteiger partial charge in [0.2, 0.25) is 0 Å². The first-order valence-corrected chi connectivity index (χ1v) is 9.54. The Hall–Kier alpha value is -2.10.